The highest BCUT2D eigenvalue weighted by Crippen LogP contribution is 2.06. The SMILES string of the molecule is CCCOC(=O)C(C)S(=O)(=O)CCC#N. The largest absolute Gasteiger partial charge is 0.465 e. The molecule has 0 aliphatic rings. The molecular weight excluding hydrogens is 218 g/mol. The van der Waals surface area contributed by atoms with Gasteiger partial charge in [0, 0.05) is 6.42 Å². The van der Waals surface area contributed by atoms with Crippen LogP contribution in [0.2, 0.25) is 0 Å². The topological polar surface area (TPSA) is 84.2 Å². The molecule has 0 aromatic heterocycles. The molecule has 0 aromatic carbocycles. The number of hydrogen-bond acceptors (Lipinski definition) is 5. The van der Waals surface area contributed by atoms with Gasteiger partial charge in [-0.2, -0.15) is 5.26 Å². The highest BCUT2D eigenvalue weighted by molar-refractivity contribution is 7.92. The Kier molecular flexibility index (Phi) is 5.94. The van der Waals surface area contributed by atoms with Crippen LogP contribution in [0.25, 0.3) is 0 Å². The minimum absolute atomic E-state index is 0.103. The number of nitrogens with zero attached hydrogens (tertiary/aromatic N) is 1. The Morgan fingerprint density at radius 3 is 2.60 bits per heavy atom. The molecule has 0 saturated heterocycles. The van der Waals surface area contributed by atoms with Gasteiger partial charge in [-0.3, -0.25) is 4.79 Å². The van der Waals surface area contributed by atoms with E-state index < -0.39 is 21.1 Å². The summed E-state index contributed by atoms with van der Waals surface area (Å²) >= 11 is 0. The van der Waals surface area contributed by atoms with Gasteiger partial charge < -0.3 is 4.74 Å². The summed E-state index contributed by atoms with van der Waals surface area (Å²) in [5.41, 5.74) is 0. The first-order valence-electron chi connectivity index (χ1n) is 4.70. The van der Waals surface area contributed by atoms with Gasteiger partial charge in [0.2, 0.25) is 0 Å². The van der Waals surface area contributed by atoms with Crippen molar-refractivity contribution in [2.24, 2.45) is 0 Å². The average molecular weight is 233 g/mol. The van der Waals surface area contributed by atoms with Crippen LogP contribution in [0.15, 0.2) is 0 Å². The van der Waals surface area contributed by atoms with E-state index in [9.17, 15) is 13.2 Å². The van der Waals surface area contributed by atoms with Crippen LogP contribution in [-0.4, -0.2) is 32.0 Å². The Morgan fingerprint density at radius 1 is 1.53 bits per heavy atom. The minimum Gasteiger partial charge on any atom is -0.465 e. The predicted octanol–water partition coefficient (Wildman–Crippen LogP) is 0.657. The molecule has 1 unspecified atom stereocenters. The molecule has 0 fully saturated rings. The molecule has 0 saturated carbocycles. The van der Waals surface area contributed by atoms with Crippen molar-refractivity contribution in [2.45, 2.75) is 31.9 Å². The Morgan fingerprint density at radius 2 is 2.13 bits per heavy atom. The minimum atomic E-state index is -3.55. The fraction of sp³-hybridized carbons (Fsp3) is 0.778. The first kappa shape index (κ1) is 13.9. The average Bonchev–Trinajstić information content (AvgIpc) is 2.21. The molecule has 0 aliphatic heterocycles. The second-order valence-electron chi connectivity index (χ2n) is 3.08. The van der Waals surface area contributed by atoms with Crippen molar-refractivity contribution in [1.82, 2.24) is 0 Å². The van der Waals surface area contributed by atoms with Crippen LogP contribution in [0.3, 0.4) is 0 Å². The predicted molar refractivity (Wildman–Crippen MR) is 54.7 cm³/mol. The number of carbonyl (C=O) groups is 1. The van der Waals surface area contributed by atoms with Crippen molar-refractivity contribution in [3.05, 3.63) is 0 Å². The number of esters is 1. The molecule has 1 atom stereocenters. The second kappa shape index (κ2) is 6.40. The summed E-state index contributed by atoms with van der Waals surface area (Å²) in [4.78, 5) is 11.2. The van der Waals surface area contributed by atoms with Crippen molar-refractivity contribution in [1.29, 1.82) is 5.26 Å². The van der Waals surface area contributed by atoms with Gasteiger partial charge in [0.05, 0.1) is 18.4 Å². The van der Waals surface area contributed by atoms with Gasteiger partial charge in [-0.25, -0.2) is 8.42 Å². The normalized spacial score (nSPS) is 12.9. The Bertz CT molecular complexity index is 342. The third kappa shape index (κ3) is 4.79. The maximum absolute atomic E-state index is 11.4. The maximum Gasteiger partial charge on any atom is 0.324 e. The number of ether oxygens (including phenoxy) is 1. The summed E-state index contributed by atoms with van der Waals surface area (Å²) in [5, 5.41) is 7.08. The van der Waals surface area contributed by atoms with Gasteiger partial charge in [0.1, 0.15) is 0 Å². The number of carbonyl (C=O) groups excluding carboxylic acids is 1. The van der Waals surface area contributed by atoms with Crippen LogP contribution in [-0.2, 0) is 19.4 Å². The summed E-state index contributed by atoms with van der Waals surface area (Å²) in [6, 6.07) is 1.73. The van der Waals surface area contributed by atoms with Crippen LogP contribution in [0.4, 0.5) is 0 Å². The van der Waals surface area contributed by atoms with Crippen molar-refractivity contribution < 1.29 is 17.9 Å². The zero-order valence-corrected chi connectivity index (χ0v) is 9.71. The number of rotatable bonds is 6. The molecule has 0 aromatic rings. The second-order valence-corrected chi connectivity index (χ2v) is 5.53. The van der Waals surface area contributed by atoms with E-state index in [0.29, 0.717) is 6.42 Å². The fourth-order valence-corrected chi connectivity index (χ4v) is 1.92. The Hall–Kier alpha value is -1.09. The van der Waals surface area contributed by atoms with E-state index in [1.54, 1.807) is 6.07 Å². The highest BCUT2D eigenvalue weighted by Gasteiger charge is 2.28. The summed E-state index contributed by atoms with van der Waals surface area (Å²) in [6.07, 6.45) is 0.546. The van der Waals surface area contributed by atoms with Gasteiger partial charge in [-0.15, -0.1) is 0 Å². The van der Waals surface area contributed by atoms with Crippen LogP contribution in [0.5, 0.6) is 0 Å². The van der Waals surface area contributed by atoms with E-state index in [-0.39, 0.29) is 18.8 Å². The Labute approximate surface area is 90.0 Å². The summed E-state index contributed by atoms with van der Waals surface area (Å²) in [5.74, 6) is -1.04. The van der Waals surface area contributed by atoms with Crippen molar-refractivity contribution in [3.63, 3.8) is 0 Å². The lowest BCUT2D eigenvalue weighted by atomic mass is 10.5. The lowest BCUT2D eigenvalue weighted by Crippen LogP contribution is -2.31. The zero-order valence-electron chi connectivity index (χ0n) is 8.89. The fourth-order valence-electron chi connectivity index (χ4n) is 0.831. The molecule has 0 radical (unpaired) electrons. The maximum atomic E-state index is 11.4. The van der Waals surface area contributed by atoms with Crippen LogP contribution in [0, 0.1) is 11.3 Å². The van der Waals surface area contributed by atoms with Crippen LogP contribution >= 0.6 is 0 Å². The van der Waals surface area contributed by atoms with E-state index in [1.165, 1.54) is 6.92 Å². The van der Waals surface area contributed by atoms with E-state index in [0.717, 1.165) is 0 Å². The monoisotopic (exact) mass is 233 g/mol. The first-order chi connectivity index (χ1) is 6.95. The van der Waals surface area contributed by atoms with E-state index in [1.807, 2.05) is 6.92 Å². The number of hydrogen-bond donors (Lipinski definition) is 0. The Balaban J connectivity index is 4.36. The van der Waals surface area contributed by atoms with Crippen molar-refractivity contribution in [2.75, 3.05) is 12.4 Å². The van der Waals surface area contributed by atoms with Crippen LogP contribution < -0.4 is 0 Å². The third-order valence-corrected chi connectivity index (χ3v) is 3.86. The molecule has 0 heterocycles. The molecule has 0 amide bonds. The van der Waals surface area contributed by atoms with Crippen molar-refractivity contribution in [3.8, 4) is 6.07 Å². The molecule has 0 rings (SSSR count). The molecule has 0 spiro atoms. The molecule has 86 valence electrons. The number of sulfone groups is 1. The molecular formula is C9H15NO4S. The summed E-state index contributed by atoms with van der Waals surface area (Å²) in [6.45, 7) is 3.32. The molecule has 0 aliphatic carbocycles. The standard InChI is InChI=1S/C9H15NO4S/c1-3-6-14-9(11)8(2)15(12,13)7-4-5-10/h8H,3-4,6-7H2,1-2H3. The molecule has 5 nitrogen and oxygen atoms in total. The van der Waals surface area contributed by atoms with E-state index >= 15 is 0 Å². The van der Waals surface area contributed by atoms with Gasteiger partial charge in [-0.1, -0.05) is 6.92 Å². The summed E-state index contributed by atoms with van der Waals surface area (Å²) < 4.78 is 27.6. The lowest BCUT2D eigenvalue weighted by Gasteiger charge is -2.10. The van der Waals surface area contributed by atoms with Gasteiger partial charge in [0.25, 0.3) is 0 Å². The smallest absolute Gasteiger partial charge is 0.324 e. The van der Waals surface area contributed by atoms with Gasteiger partial charge in [0.15, 0.2) is 15.1 Å². The van der Waals surface area contributed by atoms with Gasteiger partial charge in [-0.05, 0) is 13.3 Å². The lowest BCUT2D eigenvalue weighted by molar-refractivity contribution is -0.142. The van der Waals surface area contributed by atoms with E-state index in [4.69, 9.17) is 10.00 Å². The zero-order chi connectivity index (χ0) is 11.9. The van der Waals surface area contributed by atoms with Crippen molar-refractivity contribution >= 4 is 15.8 Å². The quantitative estimate of drug-likeness (QED) is 0.629. The highest BCUT2D eigenvalue weighted by atomic mass is 32.2. The molecule has 6 heteroatoms. The summed E-state index contributed by atoms with van der Waals surface area (Å²) in [7, 11) is -3.55. The third-order valence-electron chi connectivity index (χ3n) is 1.82. The molecule has 15 heavy (non-hydrogen) atoms. The number of nitriles is 1. The first-order valence-corrected chi connectivity index (χ1v) is 6.42. The van der Waals surface area contributed by atoms with Crippen LogP contribution in [0.1, 0.15) is 26.7 Å². The molecule has 0 bridgehead atoms. The van der Waals surface area contributed by atoms with E-state index in [2.05, 4.69) is 0 Å². The molecule has 0 N–H and O–H groups in total. The van der Waals surface area contributed by atoms with Gasteiger partial charge >= 0.3 is 5.97 Å².